The lowest BCUT2D eigenvalue weighted by Crippen LogP contribution is -2.38. The summed E-state index contributed by atoms with van der Waals surface area (Å²) in [5.41, 5.74) is -2.00. The van der Waals surface area contributed by atoms with Gasteiger partial charge in [-0.15, -0.1) is 0 Å². The summed E-state index contributed by atoms with van der Waals surface area (Å²) < 4.78 is 82.6. The van der Waals surface area contributed by atoms with Gasteiger partial charge in [-0.2, -0.15) is 18.3 Å². The highest BCUT2D eigenvalue weighted by molar-refractivity contribution is 5.89. The topological polar surface area (TPSA) is 107 Å². The first-order valence-corrected chi connectivity index (χ1v) is 13.6. The second-order valence-electron chi connectivity index (χ2n) is 10.3. The van der Waals surface area contributed by atoms with Gasteiger partial charge in [-0.25, -0.2) is 28.0 Å². The number of hydrogen-bond donors (Lipinski definition) is 1. The fourth-order valence-corrected chi connectivity index (χ4v) is 5.43. The average molecular weight is 619 g/mol. The molecule has 1 fully saturated rings. The van der Waals surface area contributed by atoms with Crippen molar-refractivity contribution in [2.75, 3.05) is 20.2 Å². The molecule has 232 valence electrons. The van der Waals surface area contributed by atoms with Gasteiger partial charge in [-0.1, -0.05) is 42.5 Å². The summed E-state index contributed by atoms with van der Waals surface area (Å²) in [5.74, 6) is -4.95. The maximum Gasteiger partial charge on any atom is 0.434 e. The lowest BCUT2D eigenvalue weighted by atomic mass is 9.88. The Labute approximate surface area is 248 Å². The summed E-state index contributed by atoms with van der Waals surface area (Å²) in [6.45, 7) is 0.419. The molecule has 1 N–H and O–H groups in total. The Hall–Kier alpha value is -4.59. The number of aromatic nitrogens is 3. The quantitative estimate of drug-likeness (QED) is 0.324. The lowest BCUT2D eigenvalue weighted by molar-refractivity contribution is -0.143. The molecule has 2 unspecified atom stereocenters. The zero-order chi connectivity index (χ0) is 31.6. The molecule has 0 bridgehead atoms. The van der Waals surface area contributed by atoms with E-state index in [0.717, 1.165) is 0 Å². The number of pyridine rings is 1. The normalized spacial score (nSPS) is 18.9. The van der Waals surface area contributed by atoms with E-state index in [1.165, 1.54) is 36.3 Å². The van der Waals surface area contributed by atoms with Gasteiger partial charge in [-0.3, -0.25) is 0 Å². The van der Waals surface area contributed by atoms with Gasteiger partial charge in [0, 0.05) is 24.6 Å². The van der Waals surface area contributed by atoms with Crippen molar-refractivity contribution in [3.05, 3.63) is 101 Å². The first kappa shape index (κ1) is 30.9. The van der Waals surface area contributed by atoms with E-state index in [4.69, 9.17) is 9.47 Å². The number of carbonyl (C=O) groups excluding carboxylic acids is 1. The standard InChI is InChI=1S/C30H27F5N4O5/c1-43-29(42)38-13-11-17(12-14-38)19-10-9-18(25(31)26(19)32)16-44-23-7-3-2-5-20(23)22-6-4-8-24(37-22)39-27(30(33,34)35)21(15-36-39)28(40)41/h2-10,15,17,20,23H,11-14,16H2,1H3,(H,40,41). The molecular weight excluding hydrogens is 591 g/mol. The molecule has 3 heterocycles. The van der Waals surface area contributed by atoms with Crippen LogP contribution in [0.2, 0.25) is 0 Å². The van der Waals surface area contributed by atoms with E-state index in [9.17, 15) is 27.9 Å². The SMILES string of the molecule is COC(=O)N1CCC(c2ccc(COC3C=CC=CC3c3cccc(-n4ncc(C(=O)O)c4C(F)(F)F)n3)c(F)c2F)CC1. The number of halogens is 5. The number of benzene rings is 1. The van der Waals surface area contributed by atoms with E-state index >= 15 is 8.78 Å². The zero-order valence-electron chi connectivity index (χ0n) is 23.3. The highest BCUT2D eigenvalue weighted by atomic mass is 19.4. The minimum absolute atomic E-state index is 0.0192. The monoisotopic (exact) mass is 618 g/mol. The third kappa shape index (κ3) is 6.20. The van der Waals surface area contributed by atoms with Gasteiger partial charge in [0.05, 0.1) is 31.7 Å². The van der Waals surface area contributed by atoms with Crippen LogP contribution in [0.4, 0.5) is 26.7 Å². The molecule has 1 amide bonds. The van der Waals surface area contributed by atoms with Crippen LogP contribution < -0.4 is 0 Å². The molecule has 5 rings (SSSR count). The molecule has 14 heteroatoms. The van der Waals surface area contributed by atoms with Crippen LogP contribution in [0, 0.1) is 11.6 Å². The minimum Gasteiger partial charge on any atom is -0.478 e. The Morgan fingerprint density at radius 3 is 2.45 bits per heavy atom. The molecule has 0 radical (unpaired) electrons. The van der Waals surface area contributed by atoms with Gasteiger partial charge in [0.2, 0.25) is 0 Å². The Morgan fingerprint density at radius 1 is 1.05 bits per heavy atom. The number of allylic oxidation sites excluding steroid dienone is 2. The van der Waals surface area contributed by atoms with E-state index < -0.39 is 53.2 Å². The van der Waals surface area contributed by atoms with Gasteiger partial charge in [0.1, 0.15) is 5.56 Å². The Balaban J connectivity index is 1.32. The number of hydrogen-bond acceptors (Lipinski definition) is 6. The lowest BCUT2D eigenvalue weighted by Gasteiger charge is -2.31. The van der Waals surface area contributed by atoms with Crippen molar-refractivity contribution < 1.29 is 46.1 Å². The summed E-state index contributed by atoms with van der Waals surface area (Å²) in [6.07, 6.45) is 2.04. The van der Waals surface area contributed by atoms with E-state index in [1.54, 1.807) is 30.4 Å². The van der Waals surface area contributed by atoms with Crippen LogP contribution >= 0.6 is 0 Å². The van der Waals surface area contributed by atoms with Gasteiger partial charge >= 0.3 is 18.2 Å². The second-order valence-corrected chi connectivity index (χ2v) is 10.3. The number of carboxylic acids is 1. The molecule has 9 nitrogen and oxygen atoms in total. The number of piperidine rings is 1. The summed E-state index contributed by atoms with van der Waals surface area (Å²) in [7, 11) is 1.28. The second kappa shape index (κ2) is 12.6. The van der Waals surface area contributed by atoms with Crippen molar-refractivity contribution >= 4 is 12.1 Å². The van der Waals surface area contributed by atoms with Gasteiger partial charge in [-0.05, 0) is 36.5 Å². The van der Waals surface area contributed by atoms with Crippen molar-refractivity contribution in [3.8, 4) is 5.82 Å². The highest BCUT2D eigenvalue weighted by Gasteiger charge is 2.41. The fraction of sp³-hybridized carbons (Fsp3) is 0.333. The van der Waals surface area contributed by atoms with Gasteiger partial charge in [0.25, 0.3) is 0 Å². The molecule has 1 saturated heterocycles. The molecule has 2 aliphatic rings. The molecule has 0 spiro atoms. The first-order valence-electron chi connectivity index (χ1n) is 13.6. The van der Waals surface area contributed by atoms with Crippen molar-refractivity contribution in [2.45, 2.75) is 43.6 Å². The molecule has 2 atom stereocenters. The first-order chi connectivity index (χ1) is 21.0. The predicted octanol–water partition coefficient (Wildman–Crippen LogP) is 6.00. The van der Waals surface area contributed by atoms with Crippen molar-refractivity contribution in [1.29, 1.82) is 0 Å². The fourth-order valence-electron chi connectivity index (χ4n) is 5.43. The van der Waals surface area contributed by atoms with Crippen LogP contribution in [0.5, 0.6) is 0 Å². The third-order valence-electron chi connectivity index (χ3n) is 7.66. The molecule has 1 aliphatic carbocycles. The number of rotatable bonds is 7. The largest absolute Gasteiger partial charge is 0.478 e. The van der Waals surface area contributed by atoms with Crippen LogP contribution in [0.1, 0.15) is 57.6 Å². The van der Waals surface area contributed by atoms with Crippen molar-refractivity contribution in [3.63, 3.8) is 0 Å². The number of amides is 1. The smallest absolute Gasteiger partial charge is 0.434 e. The summed E-state index contributed by atoms with van der Waals surface area (Å²) in [6, 6.07) is 7.24. The highest BCUT2D eigenvalue weighted by Crippen LogP contribution is 2.35. The Kier molecular flexibility index (Phi) is 8.81. The number of carbonyl (C=O) groups is 2. The predicted molar refractivity (Wildman–Crippen MR) is 145 cm³/mol. The number of methoxy groups -OCH3 is 1. The molecular formula is C30H27F5N4O5. The number of nitrogens with zero attached hydrogens (tertiary/aromatic N) is 4. The molecule has 1 aliphatic heterocycles. The Bertz CT molecular complexity index is 1610. The third-order valence-corrected chi connectivity index (χ3v) is 7.66. The van der Waals surface area contributed by atoms with Gasteiger partial charge in [0.15, 0.2) is 23.1 Å². The molecule has 2 aromatic heterocycles. The van der Waals surface area contributed by atoms with Crippen molar-refractivity contribution in [2.24, 2.45) is 0 Å². The van der Waals surface area contributed by atoms with E-state index in [2.05, 4.69) is 10.1 Å². The zero-order valence-corrected chi connectivity index (χ0v) is 23.3. The van der Waals surface area contributed by atoms with E-state index in [-0.39, 0.29) is 35.2 Å². The maximum atomic E-state index is 15.2. The van der Waals surface area contributed by atoms with E-state index in [0.29, 0.717) is 36.8 Å². The number of likely N-dealkylation sites (tertiary alicyclic amines) is 1. The summed E-state index contributed by atoms with van der Waals surface area (Å²) in [5, 5.41) is 12.8. The summed E-state index contributed by atoms with van der Waals surface area (Å²) >= 11 is 0. The van der Waals surface area contributed by atoms with Crippen LogP contribution in [0.25, 0.3) is 5.82 Å². The van der Waals surface area contributed by atoms with Gasteiger partial charge < -0.3 is 19.5 Å². The van der Waals surface area contributed by atoms with E-state index in [1.807, 2.05) is 0 Å². The number of ether oxygens (including phenoxy) is 2. The summed E-state index contributed by atoms with van der Waals surface area (Å²) in [4.78, 5) is 28.9. The molecule has 44 heavy (non-hydrogen) atoms. The minimum atomic E-state index is -5.02. The number of aromatic carboxylic acids is 1. The number of carboxylic acid groups (broad SMARTS) is 1. The number of alkyl halides is 3. The van der Waals surface area contributed by atoms with Crippen LogP contribution in [-0.2, 0) is 22.3 Å². The Morgan fingerprint density at radius 2 is 1.77 bits per heavy atom. The van der Waals surface area contributed by atoms with Crippen molar-refractivity contribution in [1.82, 2.24) is 19.7 Å². The average Bonchev–Trinajstić information content (AvgIpc) is 3.49. The van der Waals surface area contributed by atoms with Crippen LogP contribution in [-0.4, -0.2) is 63.1 Å². The maximum absolute atomic E-state index is 15.2. The van der Waals surface area contributed by atoms with Crippen LogP contribution in [0.15, 0.2) is 60.8 Å². The van der Waals surface area contributed by atoms with Crippen LogP contribution in [0.3, 0.4) is 0 Å². The molecule has 1 aromatic carbocycles. The molecule has 0 saturated carbocycles. The molecule has 3 aromatic rings.